The number of amides is 1. The Morgan fingerprint density at radius 2 is 1.43 bits per heavy atom. The van der Waals surface area contributed by atoms with Gasteiger partial charge in [-0.1, -0.05) is 78.4 Å². The summed E-state index contributed by atoms with van der Waals surface area (Å²) in [5, 5.41) is 2.93. The maximum absolute atomic E-state index is 13.1. The van der Waals surface area contributed by atoms with Crippen molar-refractivity contribution in [3.05, 3.63) is 102 Å². The lowest BCUT2D eigenvalue weighted by atomic mass is 10.0. The molecule has 0 bridgehead atoms. The van der Waals surface area contributed by atoms with Gasteiger partial charge >= 0.3 is 0 Å². The molecule has 30 heavy (non-hydrogen) atoms. The van der Waals surface area contributed by atoms with E-state index in [9.17, 15) is 13.2 Å². The molecule has 3 aromatic rings. The second kappa shape index (κ2) is 9.69. The number of sulfonamides is 1. The topological polar surface area (TPSA) is 75.3 Å². The summed E-state index contributed by atoms with van der Waals surface area (Å²) in [4.78, 5) is 13.2. The molecule has 0 heterocycles. The predicted molar refractivity (Wildman–Crippen MR) is 118 cm³/mol. The van der Waals surface area contributed by atoms with Crippen LogP contribution in [0.1, 0.15) is 29.7 Å². The molecule has 5 nitrogen and oxygen atoms in total. The Labute approximate surface area is 178 Å². The number of benzene rings is 3. The van der Waals surface area contributed by atoms with Crippen molar-refractivity contribution in [1.82, 2.24) is 10.0 Å². The third kappa shape index (κ3) is 5.78. The molecule has 0 fully saturated rings. The SMILES string of the molecule is Cc1ccc(S(=O)(=O)N[C@@H](Cc2ccccc2)C(=O)N[C@H](C)c2ccccc2)cc1. The van der Waals surface area contributed by atoms with Crippen molar-refractivity contribution in [3.63, 3.8) is 0 Å². The Morgan fingerprint density at radius 3 is 2.03 bits per heavy atom. The van der Waals surface area contributed by atoms with Crippen LogP contribution in [-0.4, -0.2) is 20.4 Å². The molecule has 2 N–H and O–H groups in total. The van der Waals surface area contributed by atoms with E-state index in [2.05, 4.69) is 10.0 Å². The van der Waals surface area contributed by atoms with Gasteiger partial charge < -0.3 is 5.32 Å². The third-order valence-electron chi connectivity index (χ3n) is 4.89. The molecule has 1 amide bonds. The maximum atomic E-state index is 13.1. The molecule has 0 aliphatic heterocycles. The Bertz CT molecular complexity index is 1070. The molecular formula is C24H26N2O3S. The highest BCUT2D eigenvalue weighted by Gasteiger charge is 2.27. The monoisotopic (exact) mass is 422 g/mol. The fourth-order valence-electron chi connectivity index (χ4n) is 3.15. The van der Waals surface area contributed by atoms with E-state index in [1.54, 1.807) is 24.3 Å². The Hall–Kier alpha value is -2.96. The maximum Gasteiger partial charge on any atom is 0.241 e. The summed E-state index contributed by atoms with van der Waals surface area (Å²) in [7, 11) is -3.85. The summed E-state index contributed by atoms with van der Waals surface area (Å²) in [5.41, 5.74) is 2.78. The van der Waals surface area contributed by atoms with Gasteiger partial charge in [0.2, 0.25) is 15.9 Å². The van der Waals surface area contributed by atoms with Crippen LogP contribution >= 0.6 is 0 Å². The summed E-state index contributed by atoms with van der Waals surface area (Å²) >= 11 is 0. The lowest BCUT2D eigenvalue weighted by Gasteiger charge is -2.22. The molecule has 0 saturated heterocycles. The van der Waals surface area contributed by atoms with Crippen LogP contribution in [0.2, 0.25) is 0 Å². The second-order valence-corrected chi connectivity index (χ2v) is 9.03. The van der Waals surface area contributed by atoms with Crippen LogP contribution in [0.5, 0.6) is 0 Å². The van der Waals surface area contributed by atoms with Crippen molar-refractivity contribution in [2.24, 2.45) is 0 Å². The van der Waals surface area contributed by atoms with E-state index in [1.807, 2.05) is 74.5 Å². The first kappa shape index (κ1) is 21.7. The molecule has 0 spiro atoms. The van der Waals surface area contributed by atoms with Crippen LogP contribution in [0.25, 0.3) is 0 Å². The lowest BCUT2D eigenvalue weighted by Crippen LogP contribution is -2.48. The number of carbonyl (C=O) groups is 1. The predicted octanol–water partition coefficient (Wildman–Crippen LogP) is 3.76. The summed E-state index contributed by atoms with van der Waals surface area (Å²) in [6.07, 6.45) is 0.249. The van der Waals surface area contributed by atoms with Gasteiger partial charge in [0, 0.05) is 0 Å². The van der Waals surface area contributed by atoms with Crippen molar-refractivity contribution < 1.29 is 13.2 Å². The zero-order valence-electron chi connectivity index (χ0n) is 17.1. The number of nitrogens with one attached hydrogen (secondary N) is 2. The first-order chi connectivity index (χ1) is 14.3. The van der Waals surface area contributed by atoms with Crippen LogP contribution < -0.4 is 10.0 Å². The minimum atomic E-state index is -3.85. The number of rotatable bonds is 8. The molecule has 2 atom stereocenters. The average molecular weight is 423 g/mol. The molecule has 0 aromatic heterocycles. The number of hydrogen-bond donors (Lipinski definition) is 2. The van der Waals surface area contributed by atoms with Crippen molar-refractivity contribution in [1.29, 1.82) is 0 Å². The summed E-state index contributed by atoms with van der Waals surface area (Å²) in [6.45, 7) is 3.77. The minimum absolute atomic E-state index is 0.134. The van der Waals surface area contributed by atoms with Gasteiger partial charge in [0.05, 0.1) is 10.9 Å². The summed E-state index contributed by atoms with van der Waals surface area (Å²) in [5.74, 6) is -0.370. The van der Waals surface area contributed by atoms with Crippen LogP contribution in [0.3, 0.4) is 0 Å². The van der Waals surface area contributed by atoms with Crippen LogP contribution in [0.15, 0.2) is 89.8 Å². The van der Waals surface area contributed by atoms with E-state index in [1.165, 1.54) is 0 Å². The molecule has 0 aliphatic rings. The lowest BCUT2D eigenvalue weighted by molar-refractivity contribution is -0.123. The smallest absolute Gasteiger partial charge is 0.241 e. The molecule has 0 aliphatic carbocycles. The van der Waals surface area contributed by atoms with Crippen LogP contribution in [0, 0.1) is 6.92 Å². The molecule has 3 aromatic carbocycles. The molecule has 6 heteroatoms. The highest BCUT2D eigenvalue weighted by molar-refractivity contribution is 7.89. The molecule has 3 rings (SSSR count). The largest absolute Gasteiger partial charge is 0.348 e. The number of hydrogen-bond acceptors (Lipinski definition) is 3. The Balaban J connectivity index is 1.82. The minimum Gasteiger partial charge on any atom is -0.348 e. The van der Waals surface area contributed by atoms with Gasteiger partial charge in [0.1, 0.15) is 6.04 Å². The average Bonchev–Trinajstić information content (AvgIpc) is 2.74. The fourth-order valence-corrected chi connectivity index (χ4v) is 4.34. The van der Waals surface area contributed by atoms with E-state index in [4.69, 9.17) is 0 Å². The summed E-state index contributed by atoms with van der Waals surface area (Å²) in [6, 6.07) is 24.3. The van der Waals surface area contributed by atoms with E-state index in [0.717, 1.165) is 16.7 Å². The van der Waals surface area contributed by atoms with Gasteiger partial charge in [-0.05, 0) is 43.5 Å². The number of carbonyl (C=O) groups excluding carboxylic acids is 1. The molecule has 0 radical (unpaired) electrons. The van der Waals surface area contributed by atoms with Gasteiger partial charge in [-0.15, -0.1) is 0 Å². The summed E-state index contributed by atoms with van der Waals surface area (Å²) < 4.78 is 28.4. The van der Waals surface area contributed by atoms with Gasteiger partial charge in [0.15, 0.2) is 0 Å². The van der Waals surface area contributed by atoms with E-state index < -0.39 is 16.1 Å². The van der Waals surface area contributed by atoms with Gasteiger partial charge in [-0.3, -0.25) is 4.79 Å². The molecular weight excluding hydrogens is 396 g/mol. The van der Waals surface area contributed by atoms with Gasteiger partial charge in [-0.25, -0.2) is 8.42 Å². The normalized spacial score (nSPS) is 13.4. The van der Waals surface area contributed by atoms with E-state index in [0.29, 0.717) is 0 Å². The van der Waals surface area contributed by atoms with Gasteiger partial charge in [-0.2, -0.15) is 4.72 Å². The quantitative estimate of drug-likeness (QED) is 0.580. The zero-order valence-corrected chi connectivity index (χ0v) is 17.9. The molecule has 0 unspecified atom stereocenters. The zero-order chi connectivity index (χ0) is 21.6. The molecule has 0 saturated carbocycles. The first-order valence-corrected chi connectivity index (χ1v) is 11.3. The first-order valence-electron chi connectivity index (χ1n) is 9.83. The van der Waals surface area contributed by atoms with Crippen molar-refractivity contribution in [2.45, 2.75) is 37.2 Å². The van der Waals surface area contributed by atoms with Crippen LogP contribution in [0.4, 0.5) is 0 Å². The van der Waals surface area contributed by atoms with E-state index in [-0.39, 0.29) is 23.3 Å². The number of aryl methyl sites for hydroxylation is 1. The standard InChI is InChI=1S/C24H26N2O3S/c1-18-13-15-22(16-14-18)30(28,29)26-23(17-20-9-5-3-6-10-20)24(27)25-19(2)21-11-7-4-8-12-21/h3-16,19,23,26H,17H2,1-2H3,(H,25,27)/t19-,23+/m1/s1. The van der Waals surface area contributed by atoms with Crippen molar-refractivity contribution >= 4 is 15.9 Å². The fraction of sp³-hybridized carbons (Fsp3) is 0.208. The highest BCUT2D eigenvalue weighted by Crippen LogP contribution is 2.15. The third-order valence-corrected chi connectivity index (χ3v) is 6.37. The van der Waals surface area contributed by atoms with Crippen molar-refractivity contribution in [3.8, 4) is 0 Å². The molecule has 156 valence electrons. The Morgan fingerprint density at radius 1 is 0.867 bits per heavy atom. The Kier molecular flexibility index (Phi) is 7.03. The highest BCUT2D eigenvalue weighted by atomic mass is 32.2. The second-order valence-electron chi connectivity index (χ2n) is 7.32. The van der Waals surface area contributed by atoms with Crippen molar-refractivity contribution in [2.75, 3.05) is 0 Å². The van der Waals surface area contributed by atoms with Gasteiger partial charge in [0.25, 0.3) is 0 Å². The van der Waals surface area contributed by atoms with E-state index >= 15 is 0 Å². The van der Waals surface area contributed by atoms with Crippen LogP contribution in [-0.2, 0) is 21.2 Å².